The van der Waals surface area contributed by atoms with Crippen LogP contribution in [0, 0.1) is 0 Å². The predicted octanol–water partition coefficient (Wildman–Crippen LogP) is 15.5. The summed E-state index contributed by atoms with van der Waals surface area (Å²) in [6, 6.07) is 72.6. The molecular weight excluding hydrogens is 691 g/mol. The van der Waals surface area contributed by atoms with Crippen LogP contribution in [0.15, 0.2) is 205 Å². The fraction of sp³-hybridized carbons (Fsp3) is 0.0545. The number of hydrogen-bond acceptors (Lipinski definition) is 2. The molecule has 10 aromatic rings. The fourth-order valence-corrected chi connectivity index (χ4v) is 9.11. The van der Waals surface area contributed by atoms with Crippen molar-refractivity contribution in [3.8, 4) is 44.5 Å². The highest BCUT2D eigenvalue weighted by Gasteiger charge is 2.37. The van der Waals surface area contributed by atoms with Gasteiger partial charge in [-0.15, -0.1) is 0 Å². The standard InChI is InChI=1S/C55H39NO/c1-55(2)49-19-9-8-18-48(49)54-50(55)20-11-21-51(54)56(44-27-24-38(25-28-44)42-23-22-37-14-6-7-15-39(37)33-42)45-29-31-47-46-30-26-43(34-52(46)57-53(47)35-45)41-17-10-16-40(32-41)36-12-4-3-5-13-36/h3-35H,1-2H3. The molecule has 0 bridgehead atoms. The SMILES string of the molecule is CC1(C)c2ccccc2-c2c(N(c3ccc(-c4ccc5ccccc5c4)cc3)c3ccc4c(c3)oc3cc(-c5cccc(-c6ccccc6)c5)ccc34)cccc21. The van der Waals surface area contributed by atoms with Crippen molar-refractivity contribution in [3.05, 3.63) is 211 Å². The number of furan rings is 1. The van der Waals surface area contributed by atoms with E-state index in [2.05, 4.69) is 219 Å². The normalized spacial score (nSPS) is 12.9. The van der Waals surface area contributed by atoms with Crippen LogP contribution in [-0.4, -0.2) is 0 Å². The van der Waals surface area contributed by atoms with E-state index in [0.29, 0.717) is 0 Å². The van der Waals surface area contributed by atoms with Crippen molar-refractivity contribution in [3.63, 3.8) is 0 Å². The van der Waals surface area contributed by atoms with Crippen LogP contribution in [0.3, 0.4) is 0 Å². The van der Waals surface area contributed by atoms with E-state index in [1.165, 1.54) is 60.8 Å². The van der Waals surface area contributed by atoms with Crippen molar-refractivity contribution in [2.24, 2.45) is 0 Å². The third kappa shape index (κ3) is 5.48. The average Bonchev–Trinajstić information content (AvgIpc) is 3.75. The van der Waals surface area contributed by atoms with Gasteiger partial charge in [-0.2, -0.15) is 0 Å². The number of fused-ring (bicyclic) bond motifs is 7. The van der Waals surface area contributed by atoms with Gasteiger partial charge in [0.25, 0.3) is 0 Å². The number of hydrogen-bond donors (Lipinski definition) is 0. The summed E-state index contributed by atoms with van der Waals surface area (Å²) in [7, 11) is 0. The maximum Gasteiger partial charge on any atom is 0.137 e. The summed E-state index contributed by atoms with van der Waals surface area (Å²) >= 11 is 0. The van der Waals surface area contributed by atoms with Crippen molar-refractivity contribution in [2.75, 3.05) is 4.90 Å². The minimum Gasteiger partial charge on any atom is -0.456 e. The van der Waals surface area contributed by atoms with Crippen LogP contribution in [0.5, 0.6) is 0 Å². The molecule has 11 rings (SSSR count). The quantitative estimate of drug-likeness (QED) is 0.169. The Morgan fingerprint density at radius 2 is 0.947 bits per heavy atom. The predicted molar refractivity (Wildman–Crippen MR) is 240 cm³/mol. The largest absolute Gasteiger partial charge is 0.456 e. The maximum atomic E-state index is 6.76. The number of benzene rings is 9. The van der Waals surface area contributed by atoms with Gasteiger partial charge in [0.05, 0.1) is 5.69 Å². The molecule has 0 amide bonds. The van der Waals surface area contributed by atoms with Crippen molar-refractivity contribution in [2.45, 2.75) is 19.3 Å². The lowest BCUT2D eigenvalue weighted by atomic mass is 9.82. The van der Waals surface area contributed by atoms with E-state index in [-0.39, 0.29) is 5.41 Å². The van der Waals surface area contributed by atoms with Gasteiger partial charge >= 0.3 is 0 Å². The lowest BCUT2D eigenvalue weighted by Gasteiger charge is -2.29. The molecule has 1 heterocycles. The molecule has 0 spiro atoms. The monoisotopic (exact) mass is 729 g/mol. The van der Waals surface area contributed by atoms with Gasteiger partial charge in [-0.1, -0.05) is 153 Å². The molecular formula is C55H39NO. The van der Waals surface area contributed by atoms with E-state index in [1.54, 1.807) is 0 Å². The fourth-order valence-electron chi connectivity index (χ4n) is 9.11. The second kappa shape index (κ2) is 13.0. The van der Waals surface area contributed by atoms with Gasteiger partial charge in [-0.05, 0) is 115 Å². The lowest BCUT2D eigenvalue weighted by molar-refractivity contribution is 0.660. The summed E-state index contributed by atoms with van der Waals surface area (Å²) in [5.74, 6) is 0. The van der Waals surface area contributed by atoms with Gasteiger partial charge in [0.1, 0.15) is 11.2 Å². The zero-order valence-corrected chi connectivity index (χ0v) is 31.9. The Bertz CT molecular complexity index is 3150. The first-order chi connectivity index (χ1) is 28.0. The van der Waals surface area contributed by atoms with Gasteiger partial charge < -0.3 is 9.32 Å². The van der Waals surface area contributed by atoms with Crippen LogP contribution in [0.1, 0.15) is 25.0 Å². The van der Waals surface area contributed by atoms with E-state index in [9.17, 15) is 0 Å². The maximum absolute atomic E-state index is 6.76. The molecule has 270 valence electrons. The summed E-state index contributed by atoms with van der Waals surface area (Å²) in [5.41, 5.74) is 17.3. The molecule has 2 nitrogen and oxygen atoms in total. The summed E-state index contributed by atoms with van der Waals surface area (Å²) in [6.45, 7) is 4.69. The lowest BCUT2D eigenvalue weighted by Crippen LogP contribution is -2.16. The van der Waals surface area contributed by atoms with E-state index in [4.69, 9.17) is 4.42 Å². The molecule has 0 fully saturated rings. The van der Waals surface area contributed by atoms with Crippen LogP contribution in [0.4, 0.5) is 17.1 Å². The van der Waals surface area contributed by atoms with Crippen LogP contribution >= 0.6 is 0 Å². The molecule has 0 N–H and O–H groups in total. The van der Waals surface area contributed by atoms with E-state index in [1.807, 2.05) is 0 Å². The molecule has 0 atom stereocenters. The zero-order valence-electron chi connectivity index (χ0n) is 31.9. The van der Waals surface area contributed by atoms with Crippen molar-refractivity contribution in [1.82, 2.24) is 0 Å². The highest BCUT2D eigenvalue weighted by atomic mass is 16.3. The molecule has 9 aromatic carbocycles. The summed E-state index contributed by atoms with van der Waals surface area (Å²) in [4.78, 5) is 2.41. The molecule has 1 aromatic heterocycles. The Morgan fingerprint density at radius 1 is 0.386 bits per heavy atom. The molecule has 0 radical (unpaired) electrons. The van der Waals surface area contributed by atoms with Crippen LogP contribution in [-0.2, 0) is 5.41 Å². The molecule has 0 saturated heterocycles. The number of nitrogens with zero attached hydrogens (tertiary/aromatic N) is 1. The third-order valence-corrected chi connectivity index (χ3v) is 12.1. The first kappa shape index (κ1) is 33.2. The Balaban J connectivity index is 1.04. The third-order valence-electron chi connectivity index (χ3n) is 12.1. The van der Waals surface area contributed by atoms with Crippen LogP contribution in [0.25, 0.3) is 77.2 Å². The Kier molecular flexibility index (Phi) is 7.55. The van der Waals surface area contributed by atoms with Crippen molar-refractivity contribution >= 4 is 49.8 Å². The molecule has 2 heteroatoms. The first-order valence-electron chi connectivity index (χ1n) is 19.7. The van der Waals surface area contributed by atoms with Gasteiger partial charge in [-0.25, -0.2) is 0 Å². The molecule has 0 aliphatic heterocycles. The van der Waals surface area contributed by atoms with Crippen LogP contribution < -0.4 is 4.90 Å². The smallest absolute Gasteiger partial charge is 0.137 e. The molecule has 0 saturated carbocycles. The van der Waals surface area contributed by atoms with Crippen LogP contribution in [0.2, 0.25) is 0 Å². The molecule has 1 aliphatic rings. The van der Waals surface area contributed by atoms with Gasteiger partial charge in [0.2, 0.25) is 0 Å². The first-order valence-corrected chi connectivity index (χ1v) is 19.7. The minimum atomic E-state index is -0.117. The number of rotatable bonds is 6. The second-order valence-corrected chi connectivity index (χ2v) is 15.8. The number of anilines is 3. The topological polar surface area (TPSA) is 16.4 Å². The highest BCUT2D eigenvalue weighted by Crippen LogP contribution is 2.54. The zero-order chi connectivity index (χ0) is 38.1. The summed E-state index contributed by atoms with van der Waals surface area (Å²) < 4.78 is 6.76. The summed E-state index contributed by atoms with van der Waals surface area (Å²) in [6.07, 6.45) is 0. The van der Waals surface area contributed by atoms with Gasteiger partial charge in [0, 0.05) is 39.2 Å². The Hall–Kier alpha value is -7.16. The van der Waals surface area contributed by atoms with Crippen molar-refractivity contribution in [1.29, 1.82) is 0 Å². The van der Waals surface area contributed by atoms with Gasteiger partial charge in [-0.3, -0.25) is 0 Å². The van der Waals surface area contributed by atoms with Gasteiger partial charge in [0.15, 0.2) is 0 Å². The Labute approximate surface area is 332 Å². The van der Waals surface area contributed by atoms with Crippen molar-refractivity contribution < 1.29 is 4.42 Å². The minimum absolute atomic E-state index is 0.117. The van der Waals surface area contributed by atoms with E-state index in [0.717, 1.165) is 44.6 Å². The Morgan fingerprint density at radius 3 is 1.79 bits per heavy atom. The van der Waals surface area contributed by atoms with E-state index < -0.39 is 0 Å². The summed E-state index contributed by atoms with van der Waals surface area (Å²) in [5, 5.41) is 4.71. The molecule has 0 unspecified atom stereocenters. The second-order valence-electron chi connectivity index (χ2n) is 15.8. The average molecular weight is 730 g/mol. The molecule has 1 aliphatic carbocycles. The highest BCUT2D eigenvalue weighted by molar-refractivity contribution is 6.07. The van der Waals surface area contributed by atoms with E-state index >= 15 is 0 Å². The molecule has 57 heavy (non-hydrogen) atoms.